The zero-order valence-corrected chi connectivity index (χ0v) is 11.4. The number of aliphatic hydroxyl groups excluding tert-OH is 1. The van der Waals surface area contributed by atoms with Gasteiger partial charge in [0.05, 0.1) is 6.10 Å². The van der Waals surface area contributed by atoms with E-state index in [4.69, 9.17) is 5.11 Å². The van der Waals surface area contributed by atoms with Crippen molar-refractivity contribution in [2.45, 2.75) is 38.0 Å². The van der Waals surface area contributed by atoms with Gasteiger partial charge in [0.25, 0.3) is 0 Å². The Bertz CT molecular complexity index is 313. The first-order valence-corrected chi connectivity index (χ1v) is 7.35. The number of nitrogens with one attached hydrogen (secondary N) is 1. The van der Waals surface area contributed by atoms with E-state index in [1.54, 1.807) is 11.8 Å². The van der Waals surface area contributed by atoms with E-state index in [0.29, 0.717) is 0 Å². The van der Waals surface area contributed by atoms with Crippen LogP contribution in [0.15, 0.2) is 0 Å². The summed E-state index contributed by atoms with van der Waals surface area (Å²) >= 11 is 1.63. The normalized spacial score (nSPS) is 24.9. The molecule has 104 valence electrons. The molecule has 0 aromatic rings. The molecular weight excluding hydrogens is 256 g/mol. The number of carbonyl (C=O) groups excluding carboxylic acids is 1. The number of carboxylic acids is 1. The molecule has 0 spiro atoms. The first-order chi connectivity index (χ1) is 8.49. The van der Waals surface area contributed by atoms with Crippen molar-refractivity contribution in [2.24, 2.45) is 0 Å². The smallest absolute Gasteiger partial charge is 0.326 e. The Kier molecular flexibility index (Phi) is 5.74. The zero-order chi connectivity index (χ0) is 13.7. The summed E-state index contributed by atoms with van der Waals surface area (Å²) in [6, 6.07) is -1.30. The van der Waals surface area contributed by atoms with Crippen molar-refractivity contribution in [3.05, 3.63) is 0 Å². The number of nitrogens with zero attached hydrogens (tertiary/aromatic N) is 1. The van der Waals surface area contributed by atoms with Crippen LogP contribution in [0.2, 0.25) is 0 Å². The van der Waals surface area contributed by atoms with Gasteiger partial charge in [0, 0.05) is 24.8 Å². The van der Waals surface area contributed by atoms with Gasteiger partial charge in [0.1, 0.15) is 6.04 Å². The molecule has 0 saturated carbocycles. The van der Waals surface area contributed by atoms with Crippen LogP contribution in [0.25, 0.3) is 0 Å². The van der Waals surface area contributed by atoms with Crippen molar-refractivity contribution in [1.82, 2.24) is 10.2 Å². The number of amides is 2. The second-order valence-corrected chi connectivity index (χ2v) is 5.32. The predicted molar refractivity (Wildman–Crippen MR) is 69.7 cm³/mol. The Balaban J connectivity index is 2.61. The van der Waals surface area contributed by atoms with Crippen LogP contribution in [0.3, 0.4) is 0 Å². The molecule has 0 aliphatic carbocycles. The highest BCUT2D eigenvalue weighted by atomic mass is 32.2. The minimum absolute atomic E-state index is 0.0275. The Morgan fingerprint density at radius 3 is 2.72 bits per heavy atom. The number of urea groups is 1. The average molecular weight is 276 g/mol. The van der Waals surface area contributed by atoms with Crippen LogP contribution in [-0.4, -0.2) is 63.9 Å². The second kappa shape index (κ2) is 6.84. The van der Waals surface area contributed by atoms with Crippen LogP contribution in [0.4, 0.5) is 4.79 Å². The summed E-state index contributed by atoms with van der Waals surface area (Å²) in [4.78, 5) is 24.2. The van der Waals surface area contributed by atoms with Gasteiger partial charge in [0.2, 0.25) is 0 Å². The average Bonchev–Trinajstić information content (AvgIpc) is 2.71. The van der Waals surface area contributed by atoms with Gasteiger partial charge >= 0.3 is 12.0 Å². The third-order valence-corrected chi connectivity index (χ3v) is 3.75. The lowest BCUT2D eigenvalue weighted by Gasteiger charge is -2.25. The van der Waals surface area contributed by atoms with Gasteiger partial charge in [0.15, 0.2) is 0 Å². The van der Waals surface area contributed by atoms with Gasteiger partial charge in [-0.25, -0.2) is 9.59 Å². The molecule has 1 heterocycles. The lowest BCUT2D eigenvalue weighted by atomic mass is 10.2. The Hall–Kier alpha value is -0.950. The SMILES string of the molecule is CCC(CSC)NC(=O)N1C[C@H](O)C[C@H]1C(=O)O. The van der Waals surface area contributed by atoms with Crippen LogP contribution in [0.1, 0.15) is 19.8 Å². The van der Waals surface area contributed by atoms with Crippen LogP contribution in [-0.2, 0) is 4.79 Å². The number of thioether (sulfide) groups is 1. The van der Waals surface area contributed by atoms with Gasteiger partial charge in [-0.2, -0.15) is 11.8 Å². The molecule has 0 aromatic carbocycles. The van der Waals surface area contributed by atoms with E-state index in [0.717, 1.165) is 12.2 Å². The van der Waals surface area contributed by atoms with Crippen molar-refractivity contribution in [3.63, 3.8) is 0 Å². The van der Waals surface area contributed by atoms with Crippen molar-refractivity contribution >= 4 is 23.8 Å². The maximum Gasteiger partial charge on any atom is 0.326 e. The molecule has 1 rings (SSSR count). The highest BCUT2D eigenvalue weighted by Gasteiger charge is 2.39. The van der Waals surface area contributed by atoms with Crippen LogP contribution in [0.5, 0.6) is 0 Å². The van der Waals surface area contributed by atoms with Crippen LogP contribution >= 0.6 is 11.8 Å². The number of aliphatic carboxylic acids is 1. The number of β-amino-alcohol motifs (C(OH)–C–C–N with tert-alkyl or cyclic N) is 1. The van der Waals surface area contributed by atoms with E-state index in [9.17, 15) is 14.7 Å². The molecule has 6 nitrogen and oxygen atoms in total. The summed E-state index contributed by atoms with van der Waals surface area (Å²) in [7, 11) is 0. The molecule has 0 radical (unpaired) electrons. The van der Waals surface area contributed by atoms with Gasteiger partial charge in [-0.05, 0) is 12.7 Å². The summed E-state index contributed by atoms with van der Waals surface area (Å²) < 4.78 is 0. The van der Waals surface area contributed by atoms with Crippen molar-refractivity contribution in [2.75, 3.05) is 18.6 Å². The fraction of sp³-hybridized carbons (Fsp3) is 0.818. The molecule has 7 heteroatoms. The molecule has 3 N–H and O–H groups in total. The fourth-order valence-corrected chi connectivity index (χ4v) is 2.71. The second-order valence-electron chi connectivity index (χ2n) is 4.41. The highest BCUT2D eigenvalue weighted by molar-refractivity contribution is 7.98. The fourth-order valence-electron chi connectivity index (χ4n) is 1.99. The Labute approximate surface area is 111 Å². The quantitative estimate of drug-likeness (QED) is 0.674. The number of carbonyl (C=O) groups is 2. The predicted octanol–water partition coefficient (Wildman–Crippen LogP) is 0.357. The number of likely N-dealkylation sites (tertiary alicyclic amines) is 1. The number of hydrogen-bond acceptors (Lipinski definition) is 4. The van der Waals surface area contributed by atoms with Crippen molar-refractivity contribution < 1.29 is 19.8 Å². The molecule has 1 aliphatic rings. The van der Waals surface area contributed by atoms with E-state index in [2.05, 4.69) is 5.32 Å². The molecule has 1 unspecified atom stereocenters. The zero-order valence-electron chi connectivity index (χ0n) is 10.6. The Morgan fingerprint density at radius 2 is 2.22 bits per heavy atom. The molecule has 1 saturated heterocycles. The lowest BCUT2D eigenvalue weighted by Crippen LogP contribution is -2.49. The standard InChI is InChI=1S/C11H20N2O4S/c1-3-7(6-18-2)12-11(17)13-5-8(14)4-9(13)10(15)16/h7-9,14H,3-6H2,1-2H3,(H,12,17)(H,15,16)/t7?,8-,9+/m1/s1. The maximum atomic E-state index is 12.0. The molecule has 2 amide bonds. The number of carboxylic acid groups (broad SMARTS) is 1. The third kappa shape index (κ3) is 3.78. The van der Waals surface area contributed by atoms with Crippen molar-refractivity contribution in [3.8, 4) is 0 Å². The highest BCUT2D eigenvalue weighted by Crippen LogP contribution is 2.18. The summed E-state index contributed by atoms with van der Waals surface area (Å²) in [5.74, 6) is -0.282. The molecular formula is C11H20N2O4S. The molecule has 3 atom stereocenters. The number of aliphatic hydroxyl groups is 1. The molecule has 0 bridgehead atoms. The van der Waals surface area contributed by atoms with E-state index < -0.39 is 24.1 Å². The van der Waals surface area contributed by atoms with Gasteiger partial charge in [-0.3, -0.25) is 0 Å². The van der Waals surface area contributed by atoms with Gasteiger partial charge in [-0.1, -0.05) is 6.92 Å². The third-order valence-electron chi connectivity index (χ3n) is 3.01. The molecule has 1 aliphatic heterocycles. The lowest BCUT2D eigenvalue weighted by molar-refractivity contribution is -0.141. The van der Waals surface area contributed by atoms with E-state index in [-0.39, 0.29) is 19.0 Å². The molecule has 18 heavy (non-hydrogen) atoms. The van der Waals surface area contributed by atoms with Crippen LogP contribution in [0, 0.1) is 0 Å². The summed E-state index contributed by atoms with van der Waals surface area (Å²) in [5, 5.41) is 21.3. The van der Waals surface area contributed by atoms with E-state index in [1.165, 1.54) is 4.90 Å². The summed E-state index contributed by atoms with van der Waals surface area (Å²) in [6.45, 7) is 2.05. The number of hydrogen-bond donors (Lipinski definition) is 3. The number of rotatable bonds is 5. The van der Waals surface area contributed by atoms with Gasteiger partial charge < -0.3 is 20.4 Å². The minimum Gasteiger partial charge on any atom is -0.480 e. The topological polar surface area (TPSA) is 89.9 Å². The van der Waals surface area contributed by atoms with Gasteiger partial charge in [-0.15, -0.1) is 0 Å². The van der Waals surface area contributed by atoms with E-state index >= 15 is 0 Å². The van der Waals surface area contributed by atoms with Crippen LogP contribution < -0.4 is 5.32 Å². The first-order valence-electron chi connectivity index (χ1n) is 5.96. The Morgan fingerprint density at radius 1 is 1.56 bits per heavy atom. The van der Waals surface area contributed by atoms with Crippen molar-refractivity contribution in [1.29, 1.82) is 0 Å². The monoisotopic (exact) mass is 276 g/mol. The minimum atomic E-state index is -1.07. The largest absolute Gasteiger partial charge is 0.480 e. The molecule has 0 aromatic heterocycles. The first kappa shape index (κ1) is 15.1. The summed E-state index contributed by atoms with van der Waals surface area (Å²) in [5.41, 5.74) is 0. The summed E-state index contributed by atoms with van der Waals surface area (Å²) in [6.07, 6.45) is 2.09. The van der Waals surface area contributed by atoms with E-state index in [1.807, 2.05) is 13.2 Å². The molecule has 1 fully saturated rings. The maximum absolute atomic E-state index is 12.0.